The molecule has 3 heteroatoms. The molecule has 2 heterocycles. The molecule has 0 aromatic rings. The topological polar surface area (TPSA) is 38.5 Å². The number of hydrogen-bond donors (Lipinski definition) is 1. The maximum Gasteiger partial charge on any atom is 0.0644 e. The van der Waals surface area contributed by atoms with Crippen molar-refractivity contribution in [3.8, 4) is 0 Å². The summed E-state index contributed by atoms with van der Waals surface area (Å²) in [6, 6.07) is 0. The van der Waals surface area contributed by atoms with E-state index < -0.39 is 0 Å². The van der Waals surface area contributed by atoms with Crippen molar-refractivity contribution >= 4 is 0 Å². The lowest BCUT2D eigenvalue weighted by molar-refractivity contribution is -0.117. The molecule has 2 fully saturated rings. The van der Waals surface area contributed by atoms with Gasteiger partial charge in [0.2, 0.25) is 0 Å². The molecule has 0 aliphatic carbocycles. The molecule has 0 aromatic carbocycles. The summed E-state index contributed by atoms with van der Waals surface area (Å²) in [5.41, 5.74) is 6.33. The van der Waals surface area contributed by atoms with Crippen LogP contribution in [0.15, 0.2) is 0 Å². The Labute approximate surface area is 106 Å². The highest BCUT2D eigenvalue weighted by atomic mass is 16.5. The Morgan fingerprint density at radius 2 is 1.76 bits per heavy atom. The first-order valence-electron chi connectivity index (χ1n) is 7.17. The van der Waals surface area contributed by atoms with E-state index in [1.807, 2.05) is 0 Å². The number of rotatable bonds is 2. The highest BCUT2D eigenvalue weighted by Crippen LogP contribution is 2.36. The molecule has 0 spiro atoms. The second-order valence-corrected chi connectivity index (χ2v) is 6.36. The van der Waals surface area contributed by atoms with Crippen LogP contribution in [0, 0.1) is 0 Å². The van der Waals surface area contributed by atoms with Crippen molar-refractivity contribution in [3.63, 3.8) is 0 Å². The van der Waals surface area contributed by atoms with Crippen molar-refractivity contribution in [1.29, 1.82) is 0 Å². The Kier molecular flexibility index (Phi) is 4.11. The number of ether oxygens (including phenoxy) is 1. The summed E-state index contributed by atoms with van der Waals surface area (Å²) in [6.07, 6.45) is 7.63. The van der Waals surface area contributed by atoms with Crippen LogP contribution in [0.1, 0.15) is 52.4 Å². The maximum atomic E-state index is 6.14. The fraction of sp³-hybridized carbons (Fsp3) is 1.00. The Bertz CT molecular complexity index is 247. The zero-order valence-corrected chi connectivity index (χ0v) is 11.5. The van der Waals surface area contributed by atoms with Crippen LogP contribution in [-0.4, -0.2) is 42.3 Å². The van der Waals surface area contributed by atoms with Crippen molar-refractivity contribution in [3.05, 3.63) is 0 Å². The molecule has 0 aromatic heterocycles. The molecule has 0 saturated carbocycles. The van der Waals surface area contributed by atoms with E-state index in [0.29, 0.717) is 0 Å². The minimum atomic E-state index is -0.01000. The first-order chi connectivity index (χ1) is 8.08. The lowest BCUT2D eigenvalue weighted by atomic mass is 9.79. The summed E-state index contributed by atoms with van der Waals surface area (Å²) < 4.78 is 5.86. The van der Waals surface area contributed by atoms with Crippen LogP contribution in [0.4, 0.5) is 0 Å². The maximum absolute atomic E-state index is 6.14. The van der Waals surface area contributed by atoms with Gasteiger partial charge in [0.15, 0.2) is 0 Å². The summed E-state index contributed by atoms with van der Waals surface area (Å²) in [5.74, 6) is 0. The van der Waals surface area contributed by atoms with Crippen LogP contribution >= 0.6 is 0 Å². The van der Waals surface area contributed by atoms with Gasteiger partial charge in [0.1, 0.15) is 0 Å². The molecule has 2 saturated heterocycles. The van der Waals surface area contributed by atoms with Gasteiger partial charge in [0.25, 0.3) is 0 Å². The van der Waals surface area contributed by atoms with Crippen molar-refractivity contribution in [1.82, 2.24) is 4.90 Å². The molecular weight excluding hydrogens is 212 g/mol. The Balaban J connectivity index is 2.11. The van der Waals surface area contributed by atoms with E-state index in [2.05, 4.69) is 18.7 Å². The number of hydrogen-bond acceptors (Lipinski definition) is 3. The third kappa shape index (κ3) is 3.01. The van der Waals surface area contributed by atoms with Crippen molar-refractivity contribution in [2.24, 2.45) is 5.73 Å². The van der Waals surface area contributed by atoms with E-state index in [9.17, 15) is 0 Å². The van der Waals surface area contributed by atoms with Gasteiger partial charge in [-0.25, -0.2) is 0 Å². The summed E-state index contributed by atoms with van der Waals surface area (Å²) in [6.45, 7) is 8.50. The summed E-state index contributed by atoms with van der Waals surface area (Å²) in [5, 5.41) is 0. The summed E-state index contributed by atoms with van der Waals surface area (Å²) >= 11 is 0. The SMILES string of the molecule is CC1(C)CC(CN)(N2CCCCCC2)CCO1. The lowest BCUT2D eigenvalue weighted by Gasteiger charge is -2.50. The van der Waals surface area contributed by atoms with Gasteiger partial charge in [0, 0.05) is 18.7 Å². The third-order valence-electron chi connectivity index (χ3n) is 4.47. The van der Waals surface area contributed by atoms with Crippen LogP contribution in [0.3, 0.4) is 0 Å². The van der Waals surface area contributed by atoms with Crippen molar-refractivity contribution < 1.29 is 4.74 Å². The zero-order chi connectivity index (χ0) is 12.4. The second kappa shape index (κ2) is 5.25. The quantitative estimate of drug-likeness (QED) is 0.804. The van der Waals surface area contributed by atoms with E-state index in [0.717, 1.165) is 26.0 Å². The number of nitrogens with two attached hydrogens (primary N) is 1. The van der Waals surface area contributed by atoms with Gasteiger partial charge >= 0.3 is 0 Å². The smallest absolute Gasteiger partial charge is 0.0644 e. The highest BCUT2D eigenvalue weighted by Gasteiger charge is 2.43. The second-order valence-electron chi connectivity index (χ2n) is 6.36. The monoisotopic (exact) mass is 240 g/mol. The predicted molar refractivity (Wildman–Crippen MR) is 71.1 cm³/mol. The molecule has 0 amide bonds. The average Bonchev–Trinajstić information content (AvgIpc) is 2.56. The van der Waals surface area contributed by atoms with Gasteiger partial charge in [0.05, 0.1) is 5.60 Å². The van der Waals surface area contributed by atoms with Crippen molar-refractivity contribution in [2.45, 2.75) is 63.5 Å². The highest BCUT2D eigenvalue weighted by molar-refractivity contribution is 4.99. The third-order valence-corrected chi connectivity index (χ3v) is 4.47. The van der Waals surface area contributed by atoms with Crippen LogP contribution in [0.25, 0.3) is 0 Å². The Morgan fingerprint density at radius 1 is 1.12 bits per heavy atom. The fourth-order valence-electron chi connectivity index (χ4n) is 3.57. The molecule has 100 valence electrons. The fourth-order valence-corrected chi connectivity index (χ4v) is 3.57. The van der Waals surface area contributed by atoms with Gasteiger partial charge in [-0.1, -0.05) is 12.8 Å². The zero-order valence-electron chi connectivity index (χ0n) is 11.5. The average molecular weight is 240 g/mol. The first-order valence-corrected chi connectivity index (χ1v) is 7.17. The summed E-state index contributed by atoms with van der Waals surface area (Å²) in [7, 11) is 0. The van der Waals surface area contributed by atoms with E-state index in [1.165, 1.54) is 38.8 Å². The van der Waals surface area contributed by atoms with Crippen LogP contribution in [0.2, 0.25) is 0 Å². The van der Waals surface area contributed by atoms with Gasteiger partial charge in [-0.3, -0.25) is 4.90 Å². The molecule has 2 rings (SSSR count). The first kappa shape index (κ1) is 13.3. The molecule has 2 N–H and O–H groups in total. The molecular formula is C14H28N2O. The molecule has 17 heavy (non-hydrogen) atoms. The number of nitrogens with zero attached hydrogens (tertiary/aromatic N) is 1. The minimum absolute atomic E-state index is 0.01000. The molecule has 0 radical (unpaired) electrons. The van der Waals surface area contributed by atoms with E-state index in [1.54, 1.807) is 0 Å². The molecule has 1 unspecified atom stereocenters. The molecule has 1 atom stereocenters. The predicted octanol–water partition coefficient (Wildman–Crippen LogP) is 2.15. The van der Waals surface area contributed by atoms with Crippen LogP contribution in [-0.2, 0) is 4.74 Å². The minimum Gasteiger partial charge on any atom is -0.375 e. The lowest BCUT2D eigenvalue weighted by Crippen LogP contribution is -2.60. The van der Waals surface area contributed by atoms with E-state index >= 15 is 0 Å². The Hall–Kier alpha value is -0.120. The number of likely N-dealkylation sites (tertiary alicyclic amines) is 1. The van der Waals surface area contributed by atoms with Gasteiger partial charge in [-0.15, -0.1) is 0 Å². The van der Waals surface area contributed by atoms with Crippen molar-refractivity contribution in [2.75, 3.05) is 26.2 Å². The standard InChI is InChI=1S/C14H28N2O/c1-13(2)11-14(12-15,7-10-17-13)16-8-5-3-4-6-9-16/h3-12,15H2,1-2H3. The largest absolute Gasteiger partial charge is 0.375 e. The van der Waals surface area contributed by atoms with E-state index in [-0.39, 0.29) is 11.1 Å². The van der Waals surface area contributed by atoms with Gasteiger partial charge in [-0.2, -0.15) is 0 Å². The molecule has 3 nitrogen and oxygen atoms in total. The van der Waals surface area contributed by atoms with Crippen LogP contribution < -0.4 is 5.73 Å². The van der Waals surface area contributed by atoms with Gasteiger partial charge < -0.3 is 10.5 Å². The van der Waals surface area contributed by atoms with Gasteiger partial charge in [-0.05, 0) is 52.6 Å². The Morgan fingerprint density at radius 3 is 2.29 bits per heavy atom. The summed E-state index contributed by atoms with van der Waals surface area (Å²) in [4.78, 5) is 2.67. The molecule has 2 aliphatic rings. The normalized spacial score (nSPS) is 35.5. The van der Waals surface area contributed by atoms with E-state index in [4.69, 9.17) is 10.5 Å². The van der Waals surface area contributed by atoms with Crippen LogP contribution in [0.5, 0.6) is 0 Å². The molecule has 2 aliphatic heterocycles. The molecule has 0 bridgehead atoms.